The van der Waals surface area contributed by atoms with Crippen molar-refractivity contribution in [1.29, 1.82) is 0 Å². The maximum atomic E-state index is 12.5. The first-order valence-electron chi connectivity index (χ1n) is 7.64. The van der Waals surface area contributed by atoms with Crippen molar-refractivity contribution in [2.45, 2.75) is 70.6 Å². The molecule has 2 saturated heterocycles. The number of amides is 2. The lowest BCUT2D eigenvalue weighted by molar-refractivity contribution is -0.138. The summed E-state index contributed by atoms with van der Waals surface area (Å²) in [6.45, 7) is 7.08. The van der Waals surface area contributed by atoms with E-state index in [9.17, 15) is 9.59 Å². The predicted molar refractivity (Wildman–Crippen MR) is 76.2 cm³/mol. The van der Waals surface area contributed by atoms with Crippen LogP contribution in [0.4, 0.5) is 0 Å². The molecule has 0 radical (unpaired) electrons. The summed E-state index contributed by atoms with van der Waals surface area (Å²) >= 11 is 0. The third kappa shape index (κ3) is 3.51. The molecule has 2 aliphatic rings. The van der Waals surface area contributed by atoms with Crippen LogP contribution in [0.2, 0.25) is 0 Å². The molecule has 2 amide bonds. The summed E-state index contributed by atoms with van der Waals surface area (Å²) in [7, 11) is 0. The van der Waals surface area contributed by atoms with E-state index in [4.69, 9.17) is 4.74 Å². The lowest BCUT2D eigenvalue weighted by Crippen LogP contribution is -2.53. The van der Waals surface area contributed by atoms with Crippen molar-refractivity contribution in [1.82, 2.24) is 10.2 Å². The zero-order valence-corrected chi connectivity index (χ0v) is 12.8. The summed E-state index contributed by atoms with van der Waals surface area (Å²) in [5.74, 6) is -0.0272. The summed E-state index contributed by atoms with van der Waals surface area (Å²) in [4.78, 5) is 26.2. The fourth-order valence-electron chi connectivity index (χ4n) is 3.07. The van der Waals surface area contributed by atoms with Crippen molar-refractivity contribution < 1.29 is 14.3 Å². The Balaban J connectivity index is 1.92. The Labute approximate surface area is 121 Å². The van der Waals surface area contributed by atoms with Crippen LogP contribution in [0.5, 0.6) is 0 Å². The number of nitrogens with one attached hydrogen (secondary N) is 1. The second-order valence-electron chi connectivity index (χ2n) is 6.50. The fourth-order valence-corrected chi connectivity index (χ4v) is 3.07. The normalized spacial score (nSPS) is 30.2. The largest absolute Gasteiger partial charge is 0.378 e. The van der Waals surface area contributed by atoms with Crippen molar-refractivity contribution in [3.05, 3.63) is 0 Å². The van der Waals surface area contributed by atoms with E-state index in [0.717, 1.165) is 32.3 Å². The average molecular weight is 282 g/mol. The van der Waals surface area contributed by atoms with Crippen LogP contribution in [0.1, 0.15) is 52.9 Å². The van der Waals surface area contributed by atoms with Gasteiger partial charge in [0.25, 0.3) is 0 Å². The van der Waals surface area contributed by atoms with Gasteiger partial charge in [0.05, 0.1) is 6.10 Å². The molecule has 0 aliphatic carbocycles. The molecule has 0 spiro atoms. The number of hydrogen-bond acceptors (Lipinski definition) is 3. The van der Waals surface area contributed by atoms with Crippen molar-refractivity contribution >= 4 is 11.8 Å². The van der Waals surface area contributed by atoms with Gasteiger partial charge in [0, 0.05) is 25.6 Å². The van der Waals surface area contributed by atoms with E-state index >= 15 is 0 Å². The van der Waals surface area contributed by atoms with Crippen molar-refractivity contribution in [2.24, 2.45) is 0 Å². The first kappa shape index (κ1) is 15.3. The van der Waals surface area contributed by atoms with Crippen molar-refractivity contribution in [3.63, 3.8) is 0 Å². The van der Waals surface area contributed by atoms with Crippen LogP contribution in [0.3, 0.4) is 0 Å². The van der Waals surface area contributed by atoms with E-state index in [-0.39, 0.29) is 17.9 Å². The van der Waals surface area contributed by atoms with Gasteiger partial charge in [0.1, 0.15) is 5.54 Å². The van der Waals surface area contributed by atoms with Gasteiger partial charge in [-0.1, -0.05) is 0 Å². The van der Waals surface area contributed by atoms with E-state index in [2.05, 4.69) is 5.32 Å². The highest BCUT2D eigenvalue weighted by molar-refractivity contribution is 5.93. The lowest BCUT2D eigenvalue weighted by atomic mass is 10.0. The molecule has 1 N–H and O–H groups in total. The highest BCUT2D eigenvalue weighted by atomic mass is 16.5. The molecule has 2 rings (SSSR count). The Kier molecular flexibility index (Phi) is 4.68. The molecular weight excluding hydrogens is 256 g/mol. The van der Waals surface area contributed by atoms with Gasteiger partial charge in [-0.3, -0.25) is 9.59 Å². The van der Waals surface area contributed by atoms with Crippen molar-refractivity contribution in [3.8, 4) is 0 Å². The number of carbonyl (C=O) groups is 2. The molecule has 0 aromatic rings. The molecule has 2 heterocycles. The Bertz CT molecular complexity index is 375. The molecule has 2 unspecified atom stereocenters. The van der Waals surface area contributed by atoms with Gasteiger partial charge < -0.3 is 15.0 Å². The summed E-state index contributed by atoms with van der Waals surface area (Å²) in [6.07, 6.45) is 4.96. The van der Waals surface area contributed by atoms with Gasteiger partial charge in [-0.15, -0.1) is 0 Å². The third-order valence-electron chi connectivity index (χ3n) is 4.21. The minimum absolute atomic E-state index is 0.0168. The molecule has 5 heteroatoms. The van der Waals surface area contributed by atoms with Gasteiger partial charge in [0.2, 0.25) is 11.8 Å². The van der Waals surface area contributed by atoms with E-state index in [1.807, 2.05) is 11.8 Å². The topological polar surface area (TPSA) is 58.6 Å². The van der Waals surface area contributed by atoms with Gasteiger partial charge in [0.15, 0.2) is 0 Å². The second kappa shape index (κ2) is 6.12. The standard InChI is InChI=1S/C15H26N2O3/c1-11-10-13(18)16-15(2,3)14(19)17(11)8-4-6-12-7-5-9-20-12/h11-12H,4-10H2,1-3H3,(H,16,18). The minimum Gasteiger partial charge on any atom is -0.378 e. The second-order valence-corrected chi connectivity index (χ2v) is 6.50. The Hall–Kier alpha value is -1.10. The van der Waals surface area contributed by atoms with E-state index in [1.54, 1.807) is 13.8 Å². The van der Waals surface area contributed by atoms with Gasteiger partial charge >= 0.3 is 0 Å². The minimum atomic E-state index is -0.800. The maximum absolute atomic E-state index is 12.5. The summed E-state index contributed by atoms with van der Waals surface area (Å²) < 4.78 is 5.61. The Morgan fingerprint density at radius 1 is 1.40 bits per heavy atom. The van der Waals surface area contributed by atoms with Gasteiger partial charge in [-0.25, -0.2) is 0 Å². The number of ether oxygens (including phenoxy) is 1. The fraction of sp³-hybridized carbons (Fsp3) is 0.867. The molecule has 0 bridgehead atoms. The Morgan fingerprint density at radius 3 is 2.80 bits per heavy atom. The van der Waals surface area contributed by atoms with Crippen molar-refractivity contribution in [2.75, 3.05) is 13.2 Å². The van der Waals surface area contributed by atoms with Gasteiger partial charge in [-0.2, -0.15) is 0 Å². The Morgan fingerprint density at radius 2 is 2.15 bits per heavy atom. The van der Waals surface area contributed by atoms with Crippen LogP contribution in [0.15, 0.2) is 0 Å². The maximum Gasteiger partial charge on any atom is 0.247 e. The van der Waals surface area contributed by atoms with Crippen LogP contribution < -0.4 is 5.32 Å². The predicted octanol–water partition coefficient (Wildman–Crippen LogP) is 1.46. The SMILES string of the molecule is CC1CC(=O)NC(C)(C)C(=O)N1CCCC1CCCO1. The molecule has 0 saturated carbocycles. The highest BCUT2D eigenvalue weighted by Crippen LogP contribution is 2.21. The highest BCUT2D eigenvalue weighted by Gasteiger charge is 2.39. The van der Waals surface area contributed by atoms with Crippen LogP contribution in [0.25, 0.3) is 0 Å². The smallest absolute Gasteiger partial charge is 0.247 e. The summed E-state index contributed by atoms with van der Waals surface area (Å²) in [5.41, 5.74) is -0.800. The molecule has 0 aromatic carbocycles. The molecule has 2 atom stereocenters. The van der Waals surface area contributed by atoms with Crippen LogP contribution in [-0.4, -0.2) is 47.6 Å². The van der Waals surface area contributed by atoms with E-state index in [0.29, 0.717) is 19.1 Å². The number of nitrogens with zero attached hydrogens (tertiary/aromatic N) is 1. The first-order valence-corrected chi connectivity index (χ1v) is 7.64. The summed E-state index contributed by atoms with van der Waals surface area (Å²) in [5, 5.41) is 2.80. The summed E-state index contributed by atoms with van der Waals surface area (Å²) in [6, 6.07) is -0.0335. The number of hydrogen-bond donors (Lipinski definition) is 1. The lowest BCUT2D eigenvalue weighted by Gasteiger charge is -2.32. The average Bonchev–Trinajstić information content (AvgIpc) is 2.83. The van der Waals surface area contributed by atoms with Crippen LogP contribution in [-0.2, 0) is 14.3 Å². The monoisotopic (exact) mass is 282 g/mol. The molecule has 20 heavy (non-hydrogen) atoms. The van der Waals surface area contributed by atoms with Crippen LogP contribution in [0, 0.1) is 0 Å². The van der Waals surface area contributed by atoms with E-state index in [1.165, 1.54) is 0 Å². The van der Waals surface area contributed by atoms with Gasteiger partial charge in [-0.05, 0) is 46.5 Å². The quantitative estimate of drug-likeness (QED) is 0.849. The number of carbonyl (C=O) groups excluding carboxylic acids is 2. The third-order valence-corrected chi connectivity index (χ3v) is 4.21. The zero-order valence-electron chi connectivity index (χ0n) is 12.8. The molecule has 0 aromatic heterocycles. The molecule has 2 aliphatic heterocycles. The molecular formula is C15H26N2O3. The molecule has 5 nitrogen and oxygen atoms in total. The zero-order chi connectivity index (χ0) is 14.8. The molecule has 114 valence electrons. The molecule has 2 fully saturated rings. The first-order chi connectivity index (χ1) is 9.40. The van der Waals surface area contributed by atoms with Crippen LogP contribution >= 0.6 is 0 Å². The number of rotatable bonds is 4. The van der Waals surface area contributed by atoms with E-state index < -0.39 is 5.54 Å².